The Morgan fingerprint density at radius 2 is 1.87 bits per heavy atom. The average Bonchev–Trinajstić information content (AvgIpc) is 3.39. The summed E-state index contributed by atoms with van der Waals surface area (Å²) >= 11 is 0. The lowest BCUT2D eigenvalue weighted by Crippen LogP contribution is -2.51. The molecular formula is C19H33N3O. The molecule has 23 heavy (non-hydrogen) atoms. The Morgan fingerprint density at radius 1 is 1.13 bits per heavy atom. The van der Waals surface area contributed by atoms with Crippen molar-refractivity contribution in [2.75, 3.05) is 32.7 Å². The number of allylic oxidation sites excluding steroid dienone is 1. The second-order valence-electron chi connectivity index (χ2n) is 7.76. The van der Waals surface area contributed by atoms with Crippen LogP contribution in [0.2, 0.25) is 0 Å². The van der Waals surface area contributed by atoms with Gasteiger partial charge in [-0.25, -0.2) is 0 Å². The van der Waals surface area contributed by atoms with Crippen molar-refractivity contribution < 1.29 is 4.79 Å². The Bertz CT molecular complexity index is 436. The van der Waals surface area contributed by atoms with E-state index in [-0.39, 0.29) is 5.92 Å². The molecule has 1 N–H and O–H groups in total. The molecule has 1 atom stereocenters. The lowest BCUT2D eigenvalue weighted by atomic mass is 9.93. The summed E-state index contributed by atoms with van der Waals surface area (Å²) in [6.45, 7) is 10.0. The van der Waals surface area contributed by atoms with E-state index >= 15 is 0 Å². The molecule has 3 aliphatic rings. The standard InChI is InChI=1S/C19H33N3O/c1-3-15(2)13-21-11-8-18(9-12-21)22-10-4-5-16(14-22)19(23)20-17-6-7-17/h3,16-18H,4-14H2,1-2H3,(H,20,23)/b15-3+/t16-/m1/s1. The van der Waals surface area contributed by atoms with E-state index < -0.39 is 0 Å². The van der Waals surface area contributed by atoms with Crippen LogP contribution < -0.4 is 5.32 Å². The molecule has 0 spiro atoms. The zero-order valence-electron chi connectivity index (χ0n) is 14.9. The predicted octanol–water partition coefficient (Wildman–Crippen LogP) is 2.41. The Hall–Kier alpha value is -0.870. The fraction of sp³-hybridized carbons (Fsp3) is 0.842. The first-order chi connectivity index (χ1) is 11.2. The molecule has 0 radical (unpaired) electrons. The van der Waals surface area contributed by atoms with Crippen molar-refractivity contribution in [1.29, 1.82) is 0 Å². The number of amides is 1. The Labute approximate surface area is 141 Å². The van der Waals surface area contributed by atoms with Crippen molar-refractivity contribution in [2.24, 2.45) is 5.92 Å². The minimum absolute atomic E-state index is 0.229. The number of rotatable bonds is 5. The highest BCUT2D eigenvalue weighted by atomic mass is 16.2. The predicted molar refractivity (Wildman–Crippen MR) is 94.4 cm³/mol. The van der Waals surface area contributed by atoms with Gasteiger partial charge in [0.1, 0.15) is 0 Å². The Balaban J connectivity index is 1.45. The number of piperidine rings is 2. The Morgan fingerprint density at radius 3 is 2.52 bits per heavy atom. The van der Waals surface area contributed by atoms with Crippen LogP contribution in [0.15, 0.2) is 11.6 Å². The topological polar surface area (TPSA) is 35.6 Å². The second kappa shape index (κ2) is 7.80. The maximum absolute atomic E-state index is 12.3. The quantitative estimate of drug-likeness (QED) is 0.791. The fourth-order valence-corrected chi connectivity index (χ4v) is 3.99. The normalized spacial score (nSPS) is 28.8. The molecular weight excluding hydrogens is 286 g/mol. The number of nitrogens with zero attached hydrogens (tertiary/aromatic N) is 2. The average molecular weight is 319 g/mol. The van der Waals surface area contributed by atoms with Crippen LogP contribution in [0.1, 0.15) is 52.4 Å². The highest BCUT2D eigenvalue weighted by Gasteiger charge is 2.33. The summed E-state index contributed by atoms with van der Waals surface area (Å²) in [6.07, 6.45) is 9.37. The highest BCUT2D eigenvalue weighted by Crippen LogP contribution is 2.26. The molecule has 4 nitrogen and oxygen atoms in total. The van der Waals surface area contributed by atoms with Gasteiger partial charge in [-0.3, -0.25) is 14.6 Å². The number of hydrogen-bond donors (Lipinski definition) is 1. The molecule has 0 bridgehead atoms. The van der Waals surface area contributed by atoms with Crippen LogP contribution in [0.3, 0.4) is 0 Å². The molecule has 3 rings (SSSR count). The van der Waals surface area contributed by atoms with Crippen LogP contribution in [0, 0.1) is 5.92 Å². The van der Waals surface area contributed by atoms with E-state index in [9.17, 15) is 4.79 Å². The maximum atomic E-state index is 12.3. The smallest absolute Gasteiger partial charge is 0.224 e. The van der Waals surface area contributed by atoms with E-state index in [0.717, 1.165) is 19.5 Å². The molecule has 0 aromatic rings. The zero-order valence-corrected chi connectivity index (χ0v) is 14.9. The maximum Gasteiger partial charge on any atom is 0.224 e. The fourth-order valence-electron chi connectivity index (χ4n) is 3.99. The molecule has 1 amide bonds. The lowest BCUT2D eigenvalue weighted by molar-refractivity contribution is -0.127. The van der Waals surface area contributed by atoms with Crippen LogP contribution in [0.5, 0.6) is 0 Å². The van der Waals surface area contributed by atoms with Gasteiger partial charge in [0.25, 0.3) is 0 Å². The van der Waals surface area contributed by atoms with Gasteiger partial charge in [-0.2, -0.15) is 0 Å². The molecule has 1 aliphatic carbocycles. The molecule has 4 heteroatoms. The van der Waals surface area contributed by atoms with Crippen molar-refractivity contribution in [3.05, 3.63) is 11.6 Å². The summed E-state index contributed by atoms with van der Waals surface area (Å²) in [6, 6.07) is 1.18. The SMILES string of the molecule is C/C=C(\C)CN1CCC(N2CCC[C@@H](C(=O)NC3CC3)C2)CC1. The van der Waals surface area contributed by atoms with E-state index in [0.29, 0.717) is 18.0 Å². The van der Waals surface area contributed by atoms with Crippen LogP contribution >= 0.6 is 0 Å². The molecule has 2 saturated heterocycles. The first kappa shape index (κ1) is 17.0. The summed E-state index contributed by atoms with van der Waals surface area (Å²) in [7, 11) is 0. The lowest BCUT2D eigenvalue weighted by Gasteiger charge is -2.42. The van der Waals surface area contributed by atoms with Crippen molar-refractivity contribution in [1.82, 2.24) is 15.1 Å². The van der Waals surface area contributed by atoms with Gasteiger partial charge in [0.05, 0.1) is 5.92 Å². The highest BCUT2D eigenvalue weighted by molar-refractivity contribution is 5.79. The Kier molecular flexibility index (Phi) is 5.76. The summed E-state index contributed by atoms with van der Waals surface area (Å²) in [4.78, 5) is 17.5. The summed E-state index contributed by atoms with van der Waals surface area (Å²) in [5.74, 6) is 0.547. The van der Waals surface area contributed by atoms with Gasteiger partial charge < -0.3 is 5.32 Å². The zero-order chi connectivity index (χ0) is 16.2. The van der Waals surface area contributed by atoms with Gasteiger partial charge >= 0.3 is 0 Å². The summed E-state index contributed by atoms with van der Waals surface area (Å²) in [5.41, 5.74) is 1.47. The number of hydrogen-bond acceptors (Lipinski definition) is 3. The van der Waals surface area contributed by atoms with E-state index in [1.54, 1.807) is 0 Å². The molecule has 2 heterocycles. The molecule has 130 valence electrons. The number of carbonyl (C=O) groups excluding carboxylic acids is 1. The molecule has 1 saturated carbocycles. The van der Waals surface area contributed by atoms with Gasteiger partial charge in [0, 0.05) is 25.2 Å². The molecule has 0 unspecified atom stereocenters. The van der Waals surface area contributed by atoms with Crippen molar-refractivity contribution >= 4 is 5.91 Å². The first-order valence-corrected chi connectivity index (χ1v) is 9.54. The monoisotopic (exact) mass is 319 g/mol. The third-order valence-electron chi connectivity index (χ3n) is 5.79. The third kappa shape index (κ3) is 4.80. The molecule has 0 aromatic carbocycles. The second-order valence-corrected chi connectivity index (χ2v) is 7.76. The number of carbonyl (C=O) groups is 1. The van der Waals surface area contributed by atoms with E-state index in [1.807, 2.05) is 0 Å². The first-order valence-electron chi connectivity index (χ1n) is 9.54. The van der Waals surface area contributed by atoms with Gasteiger partial charge in [-0.1, -0.05) is 11.6 Å². The number of nitrogens with one attached hydrogen (secondary N) is 1. The van der Waals surface area contributed by atoms with E-state index in [2.05, 4.69) is 35.0 Å². The van der Waals surface area contributed by atoms with Gasteiger partial charge in [0.15, 0.2) is 0 Å². The largest absolute Gasteiger partial charge is 0.353 e. The minimum Gasteiger partial charge on any atom is -0.353 e. The summed E-state index contributed by atoms with van der Waals surface area (Å²) in [5, 5.41) is 3.20. The van der Waals surface area contributed by atoms with Gasteiger partial charge in [0.2, 0.25) is 5.91 Å². The van der Waals surface area contributed by atoms with Crippen LogP contribution in [-0.2, 0) is 4.79 Å². The molecule has 0 aromatic heterocycles. The summed E-state index contributed by atoms with van der Waals surface area (Å²) < 4.78 is 0. The number of likely N-dealkylation sites (tertiary alicyclic amines) is 2. The minimum atomic E-state index is 0.229. The van der Waals surface area contributed by atoms with Gasteiger partial charge in [-0.05, 0) is 72.0 Å². The van der Waals surface area contributed by atoms with Crippen LogP contribution in [0.25, 0.3) is 0 Å². The van der Waals surface area contributed by atoms with E-state index in [1.165, 1.54) is 57.3 Å². The molecule has 2 aliphatic heterocycles. The van der Waals surface area contributed by atoms with Crippen molar-refractivity contribution in [2.45, 2.75) is 64.5 Å². The third-order valence-corrected chi connectivity index (χ3v) is 5.79. The van der Waals surface area contributed by atoms with E-state index in [4.69, 9.17) is 0 Å². The van der Waals surface area contributed by atoms with Crippen molar-refractivity contribution in [3.63, 3.8) is 0 Å². The van der Waals surface area contributed by atoms with Crippen LogP contribution in [0.4, 0.5) is 0 Å². The van der Waals surface area contributed by atoms with Gasteiger partial charge in [-0.15, -0.1) is 0 Å². The van der Waals surface area contributed by atoms with Crippen molar-refractivity contribution in [3.8, 4) is 0 Å². The molecule has 3 fully saturated rings. The van der Waals surface area contributed by atoms with Crippen LogP contribution in [-0.4, -0.2) is 60.5 Å².